The van der Waals surface area contributed by atoms with Crippen LogP contribution < -0.4 is 15.4 Å². The molecule has 0 unspecified atom stereocenters. The van der Waals surface area contributed by atoms with Gasteiger partial charge in [0, 0.05) is 36.4 Å². The van der Waals surface area contributed by atoms with Crippen LogP contribution >= 0.6 is 0 Å². The van der Waals surface area contributed by atoms with Crippen LogP contribution in [0.15, 0.2) is 47.6 Å². The van der Waals surface area contributed by atoms with Crippen LogP contribution in [0.5, 0.6) is 0 Å². The number of amides is 1. The summed E-state index contributed by atoms with van der Waals surface area (Å²) in [5.74, 6) is -0.715. The molecule has 1 saturated heterocycles. The van der Waals surface area contributed by atoms with E-state index in [0.29, 0.717) is 29.8 Å². The highest BCUT2D eigenvalue weighted by Crippen LogP contribution is 2.32. The number of halogens is 2. The summed E-state index contributed by atoms with van der Waals surface area (Å²) in [5.41, 5.74) is -0.485. The van der Waals surface area contributed by atoms with Crippen LogP contribution in [0, 0.1) is 5.82 Å². The Morgan fingerprint density at radius 2 is 1.91 bits per heavy atom. The highest BCUT2D eigenvalue weighted by atomic mass is 32.2. The summed E-state index contributed by atoms with van der Waals surface area (Å²) in [6.45, 7) is 2.26. The molecule has 2 aromatic heterocycles. The second-order valence-corrected chi connectivity index (χ2v) is 9.49. The fourth-order valence-electron chi connectivity index (χ4n) is 3.57. The number of hydrogen-bond acceptors (Lipinski definition) is 6. The number of pyridine rings is 2. The first-order chi connectivity index (χ1) is 15.0. The maximum absolute atomic E-state index is 14.3. The molecule has 1 aliphatic rings. The maximum Gasteiger partial charge on any atom is 0.259 e. The third kappa shape index (κ3) is 4.68. The molecule has 0 spiro atoms. The Balaban J connectivity index is 1.73. The number of nitrogens with zero attached hydrogens (tertiary/aromatic N) is 3. The topological polar surface area (TPSA) is 118 Å². The van der Waals surface area contributed by atoms with Gasteiger partial charge in [-0.1, -0.05) is 0 Å². The Bertz CT molecular complexity index is 1300. The van der Waals surface area contributed by atoms with Crippen LogP contribution in [0.3, 0.4) is 0 Å². The van der Waals surface area contributed by atoms with Gasteiger partial charge in [-0.25, -0.2) is 32.3 Å². The standard InChI is InChI=1S/C21H21F2N5O3S/c1-21(23)5-8-28(9-6-21)19-16(11-13-10-14(22)2-3-17(13)27-19)20(29)26-15-4-7-25-18(12-15)32(24,30)31/h2-4,7,10-12H,5-6,8-9H2,1H3,(H2,24,30,31)(H,25,26,29). The average molecular weight is 461 g/mol. The Labute approximate surface area is 183 Å². The molecule has 0 atom stereocenters. The minimum atomic E-state index is -4.06. The van der Waals surface area contributed by atoms with Crippen LogP contribution in [0.1, 0.15) is 30.1 Å². The quantitative estimate of drug-likeness (QED) is 0.617. The van der Waals surface area contributed by atoms with Crippen molar-refractivity contribution in [2.75, 3.05) is 23.3 Å². The SMILES string of the molecule is CC1(F)CCN(c2nc3ccc(F)cc3cc2C(=O)Nc2ccnc(S(N)(=O)=O)c2)CC1. The first-order valence-electron chi connectivity index (χ1n) is 9.86. The molecule has 8 nitrogen and oxygen atoms in total. The minimum absolute atomic E-state index is 0.152. The van der Waals surface area contributed by atoms with E-state index in [9.17, 15) is 22.0 Å². The molecular formula is C21H21F2N5O3S. The maximum atomic E-state index is 14.3. The van der Waals surface area contributed by atoms with Crippen molar-refractivity contribution in [3.8, 4) is 0 Å². The molecule has 0 bridgehead atoms. The van der Waals surface area contributed by atoms with Crippen molar-refractivity contribution in [3.05, 3.63) is 54.0 Å². The Hall–Kier alpha value is -3.18. The first kappa shape index (κ1) is 22.0. The number of alkyl halides is 1. The summed E-state index contributed by atoms with van der Waals surface area (Å²) in [4.78, 5) is 23.2. The van der Waals surface area contributed by atoms with E-state index in [1.165, 1.54) is 36.5 Å². The van der Waals surface area contributed by atoms with E-state index in [0.717, 1.165) is 6.07 Å². The van der Waals surface area contributed by atoms with Crippen molar-refractivity contribution in [3.63, 3.8) is 0 Å². The van der Waals surface area contributed by atoms with Gasteiger partial charge in [0.15, 0.2) is 5.03 Å². The molecule has 0 radical (unpaired) electrons. The molecule has 11 heteroatoms. The molecule has 4 rings (SSSR count). The van der Waals surface area contributed by atoms with Gasteiger partial charge in [0.2, 0.25) is 0 Å². The van der Waals surface area contributed by atoms with Gasteiger partial charge in [0.1, 0.15) is 17.3 Å². The molecule has 1 aromatic carbocycles. The fraction of sp³-hybridized carbons (Fsp3) is 0.286. The smallest absolute Gasteiger partial charge is 0.259 e. The Morgan fingerprint density at radius 1 is 1.19 bits per heavy atom. The van der Waals surface area contributed by atoms with Crippen molar-refractivity contribution in [2.24, 2.45) is 5.14 Å². The van der Waals surface area contributed by atoms with Crippen LogP contribution in [-0.2, 0) is 10.0 Å². The lowest BCUT2D eigenvalue weighted by Crippen LogP contribution is -2.41. The number of sulfonamides is 1. The summed E-state index contributed by atoms with van der Waals surface area (Å²) in [6.07, 6.45) is 1.76. The molecule has 1 aliphatic heterocycles. The van der Waals surface area contributed by atoms with Crippen molar-refractivity contribution < 1.29 is 22.0 Å². The first-order valence-corrected chi connectivity index (χ1v) is 11.4. The number of fused-ring (bicyclic) bond motifs is 1. The number of benzene rings is 1. The summed E-state index contributed by atoms with van der Waals surface area (Å²) < 4.78 is 51.2. The molecular weight excluding hydrogens is 440 g/mol. The van der Waals surface area contributed by atoms with Gasteiger partial charge in [0.25, 0.3) is 15.9 Å². The van der Waals surface area contributed by atoms with E-state index in [-0.39, 0.29) is 24.1 Å². The zero-order chi connectivity index (χ0) is 23.1. The normalized spacial score (nSPS) is 16.2. The van der Waals surface area contributed by atoms with Crippen LogP contribution in [0.2, 0.25) is 0 Å². The number of aromatic nitrogens is 2. The zero-order valence-electron chi connectivity index (χ0n) is 17.2. The largest absolute Gasteiger partial charge is 0.356 e. The number of piperidine rings is 1. The Morgan fingerprint density at radius 3 is 2.59 bits per heavy atom. The summed E-state index contributed by atoms with van der Waals surface area (Å²) >= 11 is 0. The molecule has 1 amide bonds. The highest BCUT2D eigenvalue weighted by Gasteiger charge is 2.32. The number of hydrogen-bond donors (Lipinski definition) is 2. The average Bonchev–Trinajstić information content (AvgIpc) is 2.72. The third-order valence-corrected chi connectivity index (χ3v) is 6.20. The van der Waals surface area contributed by atoms with E-state index >= 15 is 0 Å². The lowest BCUT2D eigenvalue weighted by molar-refractivity contribution is 0.102. The molecule has 0 saturated carbocycles. The van der Waals surface area contributed by atoms with E-state index in [4.69, 9.17) is 5.14 Å². The molecule has 168 valence electrons. The molecule has 3 N–H and O–H groups in total. The van der Waals surface area contributed by atoms with Crippen LogP contribution in [-0.4, -0.2) is 43.1 Å². The molecule has 3 heterocycles. The van der Waals surface area contributed by atoms with Gasteiger partial charge in [-0.05, 0) is 50.1 Å². The summed E-state index contributed by atoms with van der Waals surface area (Å²) in [7, 11) is -4.06. The van der Waals surface area contributed by atoms with E-state index in [1.807, 2.05) is 4.90 Å². The van der Waals surface area contributed by atoms with Crippen molar-refractivity contribution in [2.45, 2.75) is 30.5 Å². The van der Waals surface area contributed by atoms with Crippen molar-refractivity contribution in [1.82, 2.24) is 9.97 Å². The third-order valence-electron chi connectivity index (χ3n) is 5.39. The monoisotopic (exact) mass is 461 g/mol. The highest BCUT2D eigenvalue weighted by molar-refractivity contribution is 7.89. The predicted octanol–water partition coefficient (Wildman–Crippen LogP) is 3.00. The summed E-state index contributed by atoms with van der Waals surface area (Å²) in [6, 6.07) is 8.12. The van der Waals surface area contributed by atoms with Crippen molar-refractivity contribution >= 4 is 38.3 Å². The number of primary sulfonamides is 1. The fourth-order valence-corrected chi connectivity index (χ4v) is 4.07. The number of nitrogens with two attached hydrogens (primary N) is 1. The summed E-state index contributed by atoms with van der Waals surface area (Å²) in [5, 5.41) is 7.74. The zero-order valence-corrected chi connectivity index (χ0v) is 18.0. The lowest BCUT2D eigenvalue weighted by Gasteiger charge is -2.35. The van der Waals surface area contributed by atoms with Gasteiger partial charge < -0.3 is 10.2 Å². The molecule has 32 heavy (non-hydrogen) atoms. The van der Waals surface area contributed by atoms with Crippen LogP contribution in [0.25, 0.3) is 10.9 Å². The number of carbonyl (C=O) groups is 1. The lowest BCUT2D eigenvalue weighted by atomic mass is 9.95. The number of anilines is 2. The molecule has 3 aromatic rings. The van der Waals surface area contributed by atoms with Gasteiger partial charge in [-0.2, -0.15) is 0 Å². The van der Waals surface area contributed by atoms with Gasteiger partial charge in [-0.3, -0.25) is 4.79 Å². The van der Waals surface area contributed by atoms with E-state index < -0.39 is 32.4 Å². The van der Waals surface area contributed by atoms with Gasteiger partial charge in [-0.15, -0.1) is 0 Å². The van der Waals surface area contributed by atoms with Gasteiger partial charge in [0.05, 0.1) is 11.1 Å². The van der Waals surface area contributed by atoms with Crippen LogP contribution in [0.4, 0.5) is 20.3 Å². The number of rotatable bonds is 4. The second-order valence-electron chi connectivity index (χ2n) is 7.98. The number of carbonyl (C=O) groups excluding carboxylic acids is 1. The second kappa shape index (κ2) is 8.06. The van der Waals surface area contributed by atoms with E-state index in [1.54, 1.807) is 6.92 Å². The molecule has 1 fully saturated rings. The molecule has 0 aliphatic carbocycles. The van der Waals surface area contributed by atoms with Crippen molar-refractivity contribution in [1.29, 1.82) is 0 Å². The van der Waals surface area contributed by atoms with E-state index in [2.05, 4.69) is 15.3 Å². The Kier molecular flexibility index (Phi) is 5.55. The minimum Gasteiger partial charge on any atom is -0.356 e. The van der Waals surface area contributed by atoms with Gasteiger partial charge >= 0.3 is 0 Å². The number of nitrogens with one attached hydrogen (secondary N) is 1. The predicted molar refractivity (Wildman–Crippen MR) is 116 cm³/mol.